The molecule has 0 fully saturated rings. The lowest BCUT2D eigenvalue weighted by Gasteiger charge is -1.96. The molecule has 0 spiro atoms. The minimum absolute atomic E-state index is 0.240. The van der Waals surface area contributed by atoms with E-state index in [0.717, 1.165) is 5.56 Å². The van der Waals surface area contributed by atoms with Crippen LogP contribution in [0.5, 0.6) is 0 Å². The topological polar surface area (TPSA) is 59.2 Å². The molecule has 1 aromatic carbocycles. The molecular weight excluding hydrogens is 228 g/mol. The average Bonchev–Trinajstić information content (AvgIpc) is 2.70. The van der Waals surface area contributed by atoms with Crippen LogP contribution in [0, 0.1) is 0 Å². The Morgan fingerprint density at radius 2 is 2.06 bits per heavy atom. The van der Waals surface area contributed by atoms with Crippen LogP contribution in [-0.4, -0.2) is 15.2 Å². The largest absolute Gasteiger partial charge is 0.384 e. The maximum absolute atomic E-state index is 9.23. The van der Waals surface area contributed by atoms with Gasteiger partial charge in [0.2, 0.25) is 0 Å². The van der Waals surface area contributed by atoms with Gasteiger partial charge >= 0.3 is 0 Å². The van der Waals surface area contributed by atoms with Gasteiger partial charge in [0.25, 0.3) is 5.89 Å². The number of hydrogen-bond donors (Lipinski definition) is 1. The highest BCUT2D eigenvalue weighted by molar-refractivity contribution is 6.30. The van der Waals surface area contributed by atoms with E-state index in [-0.39, 0.29) is 5.89 Å². The van der Waals surface area contributed by atoms with Crippen LogP contribution in [0.2, 0.25) is 5.02 Å². The molecule has 4 nitrogen and oxygen atoms in total. The summed E-state index contributed by atoms with van der Waals surface area (Å²) in [6.07, 6.45) is -0.167. The molecule has 0 aliphatic rings. The first-order valence-corrected chi connectivity index (χ1v) is 5.28. The van der Waals surface area contributed by atoms with Gasteiger partial charge in [0.1, 0.15) is 6.10 Å². The van der Waals surface area contributed by atoms with Gasteiger partial charge in [0.15, 0.2) is 5.82 Å². The third-order valence-corrected chi connectivity index (χ3v) is 2.37. The predicted molar refractivity (Wildman–Crippen MR) is 59.2 cm³/mol. The van der Waals surface area contributed by atoms with E-state index in [2.05, 4.69) is 10.1 Å². The number of benzene rings is 1. The summed E-state index contributed by atoms with van der Waals surface area (Å²) < 4.78 is 4.88. The molecule has 0 radical (unpaired) electrons. The Morgan fingerprint density at radius 1 is 1.38 bits per heavy atom. The molecule has 1 aromatic heterocycles. The van der Waals surface area contributed by atoms with Gasteiger partial charge in [-0.2, -0.15) is 4.98 Å². The molecule has 2 aromatic rings. The van der Waals surface area contributed by atoms with Crippen LogP contribution in [0.15, 0.2) is 28.8 Å². The second-order valence-corrected chi connectivity index (χ2v) is 3.96. The zero-order valence-corrected chi connectivity index (χ0v) is 9.48. The van der Waals surface area contributed by atoms with Crippen molar-refractivity contribution < 1.29 is 9.63 Å². The van der Waals surface area contributed by atoms with Crippen molar-refractivity contribution in [1.29, 1.82) is 0 Å². The number of aliphatic hydroxyl groups is 1. The number of aromatic nitrogens is 2. The molecule has 0 aliphatic heterocycles. The normalized spacial score (nSPS) is 12.7. The molecule has 0 saturated heterocycles. The first kappa shape index (κ1) is 11.1. The molecule has 0 saturated carbocycles. The number of halogens is 1. The van der Waals surface area contributed by atoms with Crippen LogP contribution in [0.1, 0.15) is 30.3 Å². The Bertz CT molecular complexity index is 465. The van der Waals surface area contributed by atoms with E-state index in [4.69, 9.17) is 16.1 Å². The standard InChI is InChI=1S/C11H11ClN2O2/c1-7(15)11-13-10(14-16-11)6-8-2-4-9(12)5-3-8/h2-5,7,15H,6H2,1H3/t7-/m0/s1. The SMILES string of the molecule is C[C@H](O)c1nc(Cc2ccc(Cl)cc2)no1. The lowest BCUT2D eigenvalue weighted by Crippen LogP contribution is -1.93. The van der Waals surface area contributed by atoms with Gasteiger partial charge < -0.3 is 9.63 Å². The van der Waals surface area contributed by atoms with Crippen molar-refractivity contribution in [2.75, 3.05) is 0 Å². The lowest BCUT2D eigenvalue weighted by molar-refractivity contribution is 0.151. The first-order valence-electron chi connectivity index (χ1n) is 4.90. The van der Waals surface area contributed by atoms with Crippen LogP contribution in [-0.2, 0) is 6.42 Å². The molecule has 5 heteroatoms. The fourth-order valence-corrected chi connectivity index (χ4v) is 1.42. The summed E-state index contributed by atoms with van der Waals surface area (Å²) in [4.78, 5) is 4.07. The minimum atomic E-state index is -0.730. The monoisotopic (exact) mass is 238 g/mol. The maximum Gasteiger partial charge on any atom is 0.255 e. The van der Waals surface area contributed by atoms with E-state index in [1.54, 1.807) is 6.92 Å². The van der Waals surface area contributed by atoms with Gasteiger partial charge in [-0.15, -0.1) is 0 Å². The smallest absolute Gasteiger partial charge is 0.255 e. The average molecular weight is 239 g/mol. The number of rotatable bonds is 3. The maximum atomic E-state index is 9.23. The third kappa shape index (κ3) is 2.59. The predicted octanol–water partition coefficient (Wildman–Crippen LogP) is 2.37. The minimum Gasteiger partial charge on any atom is -0.384 e. The second-order valence-electron chi connectivity index (χ2n) is 3.53. The molecule has 16 heavy (non-hydrogen) atoms. The Labute approximate surface area is 97.9 Å². The Morgan fingerprint density at radius 3 is 2.62 bits per heavy atom. The summed E-state index contributed by atoms with van der Waals surface area (Å²) in [5.41, 5.74) is 1.04. The summed E-state index contributed by atoms with van der Waals surface area (Å²) in [6, 6.07) is 7.43. The molecule has 0 aliphatic carbocycles. The van der Waals surface area contributed by atoms with Crippen molar-refractivity contribution in [3.63, 3.8) is 0 Å². The highest BCUT2D eigenvalue weighted by Crippen LogP contribution is 2.14. The van der Waals surface area contributed by atoms with Crippen molar-refractivity contribution in [1.82, 2.24) is 10.1 Å². The molecular formula is C11H11ClN2O2. The summed E-state index contributed by atoms with van der Waals surface area (Å²) in [6.45, 7) is 1.58. The Hall–Kier alpha value is -1.39. The fourth-order valence-electron chi connectivity index (χ4n) is 1.29. The van der Waals surface area contributed by atoms with Crippen LogP contribution in [0.3, 0.4) is 0 Å². The first-order chi connectivity index (χ1) is 7.65. The van der Waals surface area contributed by atoms with E-state index in [0.29, 0.717) is 17.3 Å². The summed E-state index contributed by atoms with van der Waals surface area (Å²) >= 11 is 5.78. The van der Waals surface area contributed by atoms with Crippen molar-refractivity contribution in [2.45, 2.75) is 19.4 Å². The second kappa shape index (κ2) is 4.63. The van der Waals surface area contributed by atoms with Crippen molar-refractivity contribution in [3.05, 3.63) is 46.6 Å². The Kier molecular flexibility index (Phi) is 3.22. The van der Waals surface area contributed by atoms with Crippen LogP contribution in [0.25, 0.3) is 0 Å². The number of hydrogen-bond acceptors (Lipinski definition) is 4. The molecule has 1 heterocycles. The summed E-state index contributed by atoms with van der Waals surface area (Å²) in [7, 11) is 0. The zero-order valence-electron chi connectivity index (χ0n) is 8.72. The lowest BCUT2D eigenvalue weighted by atomic mass is 10.1. The summed E-state index contributed by atoms with van der Waals surface area (Å²) in [5, 5.41) is 13.7. The molecule has 0 bridgehead atoms. The van der Waals surface area contributed by atoms with E-state index in [1.165, 1.54) is 0 Å². The van der Waals surface area contributed by atoms with Gasteiger partial charge in [-0.1, -0.05) is 28.9 Å². The van der Waals surface area contributed by atoms with E-state index < -0.39 is 6.10 Å². The van der Waals surface area contributed by atoms with Gasteiger partial charge in [-0.05, 0) is 24.6 Å². The molecule has 0 amide bonds. The van der Waals surface area contributed by atoms with Crippen LogP contribution in [0.4, 0.5) is 0 Å². The molecule has 1 N–H and O–H groups in total. The highest BCUT2D eigenvalue weighted by Gasteiger charge is 2.11. The molecule has 1 atom stereocenters. The molecule has 0 unspecified atom stereocenters. The van der Waals surface area contributed by atoms with Crippen molar-refractivity contribution in [3.8, 4) is 0 Å². The zero-order chi connectivity index (χ0) is 11.5. The van der Waals surface area contributed by atoms with E-state index in [1.807, 2.05) is 24.3 Å². The highest BCUT2D eigenvalue weighted by atomic mass is 35.5. The van der Waals surface area contributed by atoms with Crippen molar-refractivity contribution in [2.24, 2.45) is 0 Å². The number of aliphatic hydroxyl groups excluding tert-OH is 1. The molecule has 84 valence electrons. The van der Waals surface area contributed by atoms with E-state index >= 15 is 0 Å². The van der Waals surface area contributed by atoms with Gasteiger partial charge in [-0.3, -0.25) is 0 Å². The van der Waals surface area contributed by atoms with Gasteiger partial charge in [-0.25, -0.2) is 0 Å². The Balaban J connectivity index is 2.11. The fraction of sp³-hybridized carbons (Fsp3) is 0.273. The quantitative estimate of drug-likeness (QED) is 0.892. The van der Waals surface area contributed by atoms with Crippen LogP contribution < -0.4 is 0 Å². The van der Waals surface area contributed by atoms with Gasteiger partial charge in [0, 0.05) is 11.4 Å². The van der Waals surface area contributed by atoms with Gasteiger partial charge in [0.05, 0.1) is 0 Å². The van der Waals surface area contributed by atoms with Crippen molar-refractivity contribution >= 4 is 11.6 Å². The third-order valence-electron chi connectivity index (χ3n) is 2.12. The van der Waals surface area contributed by atoms with Crippen LogP contribution >= 0.6 is 11.6 Å². The van der Waals surface area contributed by atoms with E-state index in [9.17, 15) is 5.11 Å². The number of nitrogens with zero attached hydrogens (tertiary/aromatic N) is 2. The molecule has 2 rings (SSSR count). The summed E-state index contributed by atoms with van der Waals surface area (Å²) in [5.74, 6) is 0.794.